The fourth-order valence-corrected chi connectivity index (χ4v) is 4.10. The van der Waals surface area contributed by atoms with Crippen molar-refractivity contribution in [3.63, 3.8) is 0 Å². The first-order valence-electron chi connectivity index (χ1n) is 8.77. The first-order valence-corrected chi connectivity index (χ1v) is 8.77. The average Bonchev–Trinajstić information content (AvgIpc) is 3.12. The summed E-state index contributed by atoms with van der Waals surface area (Å²) in [5, 5.41) is 9.53. The number of nitrogens with one attached hydrogen (secondary N) is 1. The minimum absolute atomic E-state index is 0.161. The van der Waals surface area contributed by atoms with Gasteiger partial charge < -0.3 is 0 Å². The molecule has 0 fully saturated rings. The SMILES string of the molecule is Cc1cccc(-c2nc3ccc4[nH]ncc4c3c3c2CCCC3)c1F. The monoisotopic (exact) mass is 331 g/mol. The van der Waals surface area contributed by atoms with E-state index < -0.39 is 0 Å². The molecule has 2 heterocycles. The summed E-state index contributed by atoms with van der Waals surface area (Å²) in [5.74, 6) is -0.161. The third kappa shape index (κ3) is 2.10. The first-order chi connectivity index (χ1) is 12.2. The lowest BCUT2D eigenvalue weighted by Gasteiger charge is -2.22. The molecule has 5 rings (SSSR count). The molecule has 25 heavy (non-hydrogen) atoms. The highest BCUT2D eigenvalue weighted by Gasteiger charge is 2.22. The Bertz CT molecular complexity index is 1130. The van der Waals surface area contributed by atoms with E-state index >= 15 is 0 Å². The maximum absolute atomic E-state index is 14.8. The van der Waals surface area contributed by atoms with Crippen LogP contribution in [0.3, 0.4) is 0 Å². The second-order valence-electron chi connectivity index (χ2n) is 6.85. The van der Waals surface area contributed by atoms with Crippen molar-refractivity contribution in [2.24, 2.45) is 0 Å². The van der Waals surface area contributed by atoms with Crippen LogP contribution >= 0.6 is 0 Å². The van der Waals surface area contributed by atoms with E-state index in [1.807, 2.05) is 30.5 Å². The summed E-state index contributed by atoms with van der Waals surface area (Å²) in [4.78, 5) is 4.91. The van der Waals surface area contributed by atoms with Crippen molar-refractivity contribution in [3.05, 3.63) is 59.0 Å². The minimum Gasteiger partial charge on any atom is -0.278 e. The number of hydrogen-bond acceptors (Lipinski definition) is 2. The van der Waals surface area contributed by atoms with E-state index in [1.54, 1.807) is 13.0 Å². The van der Waals surface area contributed by atoms with E-state index in [4.69, 9.17) is 4.98 Å². The molecule has 0 saturated heterocycles. The predicted octanol–water partition coefficient (Wildman–Crippen LogP) is 5.10. The molecular formula is C21H18FN3. The molecule has 124 valence electrons. The summed E-state index contributed by atoms with van der Waals surface area (Å²) < 4.78 is 14.8. The summed E-state index contributed by atoms with van der Waals surface area (Å²) >= 11 is 0. The Labute approximate surface area is 144 Å². The van der Waals surface area contributed by atoms with Gasteiger partial charge in [-0.3, -0.25) is 5.10 Å². The molecule has 0 atom stereocenters. The number of pyridine rings is 1. The van der Waals surface area contributed by atoms with Crippen molar-refractivity contribution in [2.45, 2.75) is 32.6 Å². The van der Waals surface area contributed by atoms with Crippen LogP contribution in [0, 0.1) is 12.7 Å². The fourth-order valence-electron chi connectivity index (χ4n) is 4.10. The Morgan fingerprint density at radius 1 is 1.04 bits per heavy atom. The minimum atomic E-state index is -0.161. The lowest BCUT2D eigenvalue weighted by molar-refractivity contribution is 0.620. The number of aryl methyl sites for hydroxylation is 2. The molecule has 4 aromatic rings. The van der Waals surface area contributed by atoms with Crippen LogP contribution < -0.4 is 0 Å². The molecule has 2 aromatic heterocycles. The Balaban J connectivity index is 1.92. The summed E-state index contributed by atoms with van der Waals surface area (Å²) in [6.45, 7) is 1.81. The van der Waals surface area contributed by atoms with Crippen molar-refractivity contribution in [1.82, 2.24) is 15.2 Å². The maximum Gasteiger partial charge on any atom is 0.135 e. The van der Waals surface area contributed by atoms with Gasteiger partial charge in [-0.25, -0.2) is 9.37 Å². The number of H-pyrrole nitrogens is 1. The highest BCUT2D eigenvalue weighted by molar-refractivity contribution is 6.07. The molecule has 4 heteroatoms. The van der Waals surface area contributed by atoms with E-state index in [-0.39, 0.29) is 5.82 Å². The molecule has 3 nitrogen and oxygen atoms in total. The van der Waals surface area contributed by atoms with Crippen LogP contribution in [0.4, 0.5) is 4.39 Å². The number of aromatic nitrogens is 3. The molecule has 0 amide bonds. The Kier molecular flexibility index (Phi) is 3.14. The number of aromatic amines is 1. The summed E-state index contributed by atoms with van der Waals surface area (Å²) in [6, 6.07) is 9.59. The molecule has 1 N–H and O–H groups in total. The van der Waals surface area contributed by atoms with Crippen LogP contribution in [-0.4, -0.2) is 15.2 Å². The van der Waals surface area contributed by atoms with Crippen LogP contribution in [-0.2, 0) is 12.8 Å². The molecule has 1 aliphatic rings. The number of benzene rings is 2. The van der Waals surface area contributed by atoms with Crippen LogP contribution in [0.25, 0.3) is 33.1 Å². The van der Waals surface area contributed by atoms with Gasteiger partial charge in [0.15, 0.2) is 0 Å². The van der Waals surface area contributed by atoms with E-state index in [2.05, 4.69) is 10.2 Å². The van der Waals surface area contributed by atoms with Crippen molar-refractivity contribution < 1.29 is 4.39 Å². The second-order valence-corrected chi connectivity index (χ2v) is 6.85. The number of fused-ring (bicyclic) bond motifs is 5. The van der Waals surface area contributed by atoms with Crippen LogP contribution in [0.1, 0.15) is 29.5 Å². The topological polar surface area (TPSA) is 41.6 Å². The lowest BCUT2D eigenvalue weighted by atomic mass is 9.85. The Morgan fingerprint density at radius 3 is 2.76 bits per heavy atom. The van der Waals surface area contributed by atoms with Gasteiger partial charge in [-0.05, 0) is 67.5 Å². The predicted molar refractivity (Wildman–Crippen MR) is 98.2 cm³/mol. The fraction of sp³-hybridized carbons (Fsp3) is 0.238. The highest BCUT2D eigenvalue weighted by Crippen LogP contribution is 2.38. The van der Waals surface area contributed by atoms with Gasteiger partial charge in [0.2, 0.25) is 0 Å². The number of halogens is 1. The molecule has 0 saturated carbocycles. The molecule has 2 aromatic carbocycles. The van der Waals surface area contributed by atoms with Crippen molar-refractivity contribution in [3.8, 4) is 11.3 Å². The van der Waals surface area contributed by atoms with Gasteiger partial charge in [-0.2, -0.15) is 5.10 Å². The molecule has 0 aliphatic heterocycles. The lowest BCUT2D eigenvalue weighted by Crippen LogP contribution is -2.08. The van der Waals surface area contributed by atoms with Crippen molar-refractivity contribution >= 4 is 21.8 Å². The maximum atomic E-state index is 14.8. The summed E-state index contributed by atoms with van der Waals surface area (Å²) in [5.41, 5.74) is 6.56. The summed E-state index contributed by atoms with van der Waals surface area (Å²) in [7, 11) is 0. The van der Waals surface area contributed by atoms with Crippen LogP contribution in [0.5, 0.6) is 0 Å². The van der Waals surface area contributed by atoms with Crippen LogP contribution in [0.2, 0.25) is 0 Å². The van der Waals surface area contributed by atoms with Gasteiger partial charge in [-0.15, -0.1) is 0 Å². The zero-order chi connectivity index (χ0) is 17.0. The normalized spacial score (nSPS) is 14.2. The van der Waals surface area contributed by atoms with E-state index in [9.17, 15) is 4.39 Å². The quantitative estimate of drug-likeness (QED) is 0.527. The molecule has 0 spiro atoms. The standard InChI is InChI=1S/C21H18FN3/c1-12-5-4-8-15(20(12)22)21-14-7-3-2-6-13(14)19-16-11-23-25-17(16)9-10-18(19)24-21/h4-5,8-11H,2-3,6-7H2,1H3,(H,23,25). The van der Waals surface area contributed by atoms with Gasteiger partial charge in [0.05, 0.1) is 22.9 Å². The van der Waals surface area contributed by atoms with Gasteiger partial charge in [0.25, 0.3) is 0 Å². The largest absolute Gasteiger partial charge is 0.278 e. The third-order valence-corrected chi connectivity index (χ3v) is 5.34. The van der Waals surface area contributed by atoms with Crippen molar-refractivity contribution in [2.75, 3.05) is 0 Å². The second kappa shape index (κ2) is 5.38. The summed E-state index contributed by atoms with van der Waals surface area (Å²) in [6.07, 6.45) is 6.13. The smallest absolute Gasteiger partial charge is 0.135 e. The molecular weight excluding hydrogens is 313 g/mol. The Hall–Kier alpha value is -2.75. The zero-order valence-electron chi connectivity index (χ0n) is 14.1. The van der Waals surface area contributed by atoms with E-state index in [1.165, 1.54) is 16.5 Å². The highest BCUT2D eigenvalue weighted by atomic mass is 19.1. The number of nitrogens with zero attached hydrogens (tertiary/aromatic N) is 2. The Morgan fingerprint density at radius 2 is 1.88 bits per heavy atom. The number of hydrogen-bond donors (Lipinski definition) is 1. The molecule has 0 unspecified atom stereocenters. The van der Waals surface area contributed by atoms with Gasteiger partial charge in [0, 0.05) is 16.3 Å². The van der Waals surface area contributed by atoms with Gasteiger partial charge >= 0.3 is 0 Å². The average molecular weight is 331 g/mol. The molecule has 0 bridgehead atoms. The number of rotatable bonds is 1. The molecule has 0 radical (unpaired) electrons. The van der Waals surface area contributed by atoms with Crippen molar-refractivity contribution in [1.29, 1.82) is 0 Å². The van der Waals surface area contributed by atoms with Gasteiger partial charge in [-0.1, -0.05) is 12.1 Å². The van der Waals surface area contributed by atoms with E-state index in [0.717, 1.165) is 47.8 Å². The zero-order valence-corrected chi connectivity index (χ0v) is 14.1. The van der Waals surface area contributed by atoms with Crippen LogP contribution in [0.15, 0.2) is 36.5 Å². The van der Waals surface area contributed by atoms with Gasteiger partial charge in [0.1, 0.15) is 5.82 Å². The van der Waals surface area contributed by atoms with E-state index in [0.29, 0.717) is 11.1 Å². The first kappa shape index (κ1) is 14.6. The third-order valence-electron chi connectivity index (χ3n) is 5.34. The molecule has 1 aliphatic carbocycles.